The van der Waals surface area contributed by atoms with E-state index in [1.165, 1.54) is 5.56 Å². The Bertz CT molecular complexity index is 582. The number of guanidine groups is 1. The number of benzene rings is 1. The van der Waals surface area contributed by atoms with Crippen LogP contribution in [-0.4, -0.2) is 70.1 Å². The summed E-state index contributed by atoms with van der Waals surface area (Å²) >= 11 is 0. The summed E-state index contributed by atoms with van der Waals surface area (Å²) in [6.45, 7) is 6.90. The van der Waals surface area contributed by atoms with Crippen molar-refractivity contribution in [1.82, 2.24) is 10.2 Å². The zero-order chi connectivity index (χ0) is 19.4. The lowest BCUT2D eigenvalue weighted by atomic mass is 10.1. The summed E-state index contributed by atoms with van der Waals surface area (Å²) in [6.07, 6.45) is 4.58. The van der Waals surface area contributed by atoms with E-state index < -0.39 is 0 Å². The maximum Gasteiger partial charge on any atom is 0.193 e. The van der Waals surface area contributed by atoms with Gasteiger partial charge < -0.3 is 24.4 Å². The van der Waals surface area contributed by atoms with Crippen molar-refractivity contribution >= 4 is 29.9 Å². The van der Waals surface area contributed by atoms with E-state index in [9.17, 15) is 0 Å². The van der Waals surface area contributed by atoms with Gasteiger partial charge >= 0.3 is 0 Å². The van der Waals surface area contributed by atoms with Gasteiger partial charge in [-0.25, -0.2) is 0 Å². The van der Waals surface area contributed by atoms with Gasteiger partial charge in [-0.3, -0.25) is 4.99 Å². The summed E-state index contributed by atoms with van der Waals surface area (Å²) in [4.78, 5) is 6.80. The van der Waals surface area contributed by atoms with Gasteiger partial charge in [-0.05, 0) is 31.2 Å². The number of hydrogen-bond donors (Lipinski definition) is 1. The Morgan fingerprint density at radius 2 is 2.00 bits per heavy atom. The molecule has 7 heteroatoms. The molecule has 0 bridgehead atoms. The van der Waals surface area contributed by atoms with Crippen molar-refractivity contribution in [3.8, 4) is 0 Å². The van der Waals surface area contributed by atoms with Crippen LogP contribution >= 0.6 is 24.0 Å². The van der Waals surface area contributed by atoms with Crippen LogP contribution < -0.4 is 5.32 Å². The van der Waals surface area contributed by atoms with E-state index in [0.717, 1.165) is 77.7 Å². The highest BCUT2D eigenvalue weighted by molar-refractivity contribution is 14.0. The number of nitrogens with one attached hydrogen (secondary N) is 1. The van der Waals surface area contributed by atoms with Crippen molar-refractivity contribution in [3.05, 3.63) is 35.9 Å². The summed E-state index contributed by atoms with van der Waals surface area (Å²) in [5.74, 6) is 1.57. The van der Waals surface area contributed by atoms with Gasteiger partial charge in [0.05, 0.1) is 19.3 Å². The number of ether oxygens (including phenoxy) is 3. The molecule has 0 aromatic heterocycles. The molecule has 0 amide bonds. The molecule has 2 saturated heterocycles. The zero-order valence-corrected chi connectivity index (χ0v) is 19.9. The molecule has 1 N–H and O–H groups in total. The van der Waals surface area contributed by atoms with Crippen LogP contribution in [0.1, 0.15) is 31.2 Å². The maximum absolute atomic E-state index is 5.93. The number of likely N-dealkylation sites (tertiary alicyclic amines) is 1. The van der Waals surface area contributed by atoms with Gasteiger partial charge in [0, 0.05) is 52.4 Å². The fourth-order valence-corrected chi connectivity index (χ4v) is 3.78. The predicted molar refractivity (Wildman–Crippen MR) is 127 cm³/mol. The summed E-state index contributed by atoms with van der Waals surface area (Å²) in [5, 5.41) is 3.48. The molecule has 2 aliphatic heterocycles. The molecule has 29 heavy (non-hydrogen) atoms. The average molecular weight is 517 g/mol. The first kappa shape index (κ1) is 24.4. The summed E-state index contributed by atoms with van der Waals surface area (Å²) in [5.41, 5.74) is 1.23. The first-order chi connectivity index (χ1) is 13.8. The van der Waals surface area contributed by atoms with Crippen molar-refractivity contribution in [2.75, 3.05) is 53.1 Å². The van der Waals surface area contributed by atoms with E-state index >= 15 is 0 Å². The number of nitrogens with zero attached hydrogens (tertiary/aromatic N) is 2. The van der Waals surface area contributed by atoms with Crippen molar-refractivity contribution in [2.45, 2.75) is 38.4 Å². The van der Waals surface area contributed by atoms with Crippen molar-refractivity contribution in [1.29, 1.82) is 0 Å². The molecule has 2 fully saturated rings. The van der Waals surface area contributed by atoms with Gasteiger partial charge in [0.25, 0.3) is 0 Å². The molecular weight excluding hydrogens is 481 g/mol. The molecule has 1 aromatic rings. The lowest BCUT2D eigenvalue weighted by Gasteiger charge is -2.23. The minimum absolute atomic E-state index is 0. The molecule has 0 spiro atoms. The minimum Gasteiger partial charge on any atom is -0.381 e. The molecule has 2 heterocycles. The quantitative estimate of drug-likeness (QED) is 0.236. The summed E-state index contributed by atoms with van der Waals surface area (Å²) < 4.78 is 17.2. The Morgan fingerprint density at radius 1 is 1.21 bits per heavy atom. The summed E-state index contributed by atoms with van der Waals surface area (Å²) in [6, 6.07) is 10.4. The third-order valence-electron chi connectivity index (χ3n) is 5.39. The Labute approximate surface area is 192 Å². The van der Waals surface area contributed by atoms with Crippen LogP contribution in [0.5, 0.6) is 0 Å². The zero-order valence-electron chi connectivity index (χ0n) is 17.6. The van der Waals surface area contributed by atoms with Crippen LogP contribution in [0.3, 0.4) is 0 Å². The highest BCUT2D eigenvalue weighted by atomic mass is 127. The molecule has 0 saturated carbocycles. The van der Waals surface area contributed by atoms with E-state index in [-0.39, 0.29) is 24.0 Å². The van der Waals surface area contributed by atoms with Crippen molar-refractivity contribution < 1.29 is 14.2 Å². The molecule has 6 nitrogen and oxygen atoms in total. The van der Waals surface area contributed by atoms with Crippen LogP contribution in [0.25, 0.3) is 0 Å². The smallest absolute Gasteiger partial charge is 0.193 e. The SMILES string of the molecule is CN=C(NCCCOC1CCOCC1)N1CCC(COCc2ccccc2)C1.I. The molecule has 0 aliphatic carbocycles. The lowest BCUT2D eigenvalue weighted by molar-refractivity contribution is -0.0320. The second kappa shape index (κ2) is 14.2. The fourth-order valence-electron chi connectivity index (χ4n) is 3.78. The van der Waals surface area contributed by atoms with Crippen LogP contribution in [0.2, 0.25) is 0 Å². The Balaban J connectivity index is 0.00000300. The second-order valence-electron chi connectivity index (χ2n) is 7.61. The van der Waals surface area contributed by atoms with Gasteiger partial charge in [0.15, 0.2) is 5.96 Å². The van der Waals surface area contributed by atoms with E-state index in [1.54, 1.807) is 0 Å². The standard InChI is InChI=1S/C22H35N3O3.HI/c1-23-22(24-11-5-13-28-21-9-14-26-15-10-21)25-12-8-20(16-25)18-27-17-19-6-3-2-4-7-19;/h2-4,6-7,20-21H,5,8-18H2,1H3,(H,23,24);1H. The predicted octanol–water partition coefficient (Wildman–Crippen LogP) is 3.30. The highest BCUT2D eigenvalue weighted by Gasteiger charge is 2.24. The summed E-state index contributed by atoms with van der Waals surface area (Å²) in [7, 11) is 1.86. The number of hydrogen-bond acceptors (Lipinski definition) is 4. The third kappa shape index (κ3) is 8.78. The second-order valence-corrected chi connectivity index (χ2v) is 7.61. The monoisotopic (exact) mass is 517 g/mol. The van der Waals surface area contributed by atoms with Gasteiger partial charge in [-0.15, -0.1) is 24.0 Å². The van der Waals surface area contributed by atoms with Gasteiger partial charge in [0.2, 0.25) is 0 Å². The fraction of sp³-hybridized carbons (Fsp3) is 0.682. The molecule has 164 valence electrons. The highest BCUT2D eigenvalue weighted by Crippen LogP contribution is 2.17. The molecular formula is C22H36IN3O3. The van der Waals surface area contributed by atoms with Crippen molar-refractivity contribution in [2.24, 2.45) is 10.9 Å². The molecule has 3 rings (SSSR count). The van der Waals surface area contributed by atoms with E-state index in [1.807, 2.05) is 13.1 Å². The van der Waals surface area contributed by atoms with Crippen LogP contribution in [0, 0.1) is 5.92 Å². The van der Waals surface area contributed by atoms with E-state index in [2.05, 4.69) is 39.5 Å². The third-order valence-corrected chi connectivity index (χ3v) is 5.39. The Kier molecular flexibility index (Phi) is 11.9. The Morgan fingerprint density at radius 3 is 2.76 bits per heavy atom. The first-order valence-corrected chi connectivity index (χ1v) is 10.6. The minimum atomic E-state index is 0. The number of halogens is 1. The molecule has 1 unspecified atom stereocenters. The lowest BCUT2D eigenvalue weighted by Crippen LogP contribution is -2.41. The first-order valence-electron chi connectivity index (χ1n) is 10.6. The maximum atomic E-state index is 5.93. The van der Waals surface area contributed by atoms with E-state index in [4.69, 9.17) is 14.2 Å². The number of rotatable bonds is 9. The average Bonchev–Trinajstić information content (AvgIpc) is 3.21. The van der Waals surface area contributed by atoms with E-state index in [0.29, 0.717) is 18.6 Å². The molecule has 2 aliphatic rings. The largest absolute Gasteiger partial charge is 0.381 e. The van der Waals surface area contributed by atoms with Crippen LogP contribution in [-0.2, 0) is 20.8 Å². The topological polar surface area (TPSA) is 55.3 Å². The molecule has 1 atom stereocenters. The molecule has 1 aromatic carbocycles. The Hall–Kier alpha value is -0.900. The normalized spacial score (nSPS) is 20.5. The van der Waals surface area contributed by atoms with Gasteiger partial charge in [0.1, 0.15) is 0 Å². The van der Waals surface area contributed by atoms with Crippen LogP contribution in [0.15, 0.2) is 35.3 Å². The van der Waals surface area contributed by atoms with Gasteiger partial charge in [-0.2, -0.15) is 0 Å². The number of aliphatic imine (C=N–C) groups is 1. The van der Waals surface area contributed by atoms with Gasteiger partial charge in [-0.1, -0.05) is 30.3 Å². The molecule has 0 radical (unpaired) electrons. The van der Waals surface area contributed by atoms with Crippen LogP contribution in [0.4, 0.5) is 0 Å². The van der Waals surface area contributed by atoms with Crippen molar-refractivity contribution in [3.63, 3.8) is 0 Å².